The summed E-state index contributed by atoms with van der Waals surface area (Å²) in [6, 6.07) is 24.1. The molecule has 7 nitrogen and oxygen atoms in total. The quantitative estimate of drug-likeness (QED) is 0.333. The normalized spacial score (nSPS) is 18.6. The predicted octanol–water partition coefficient (Wildman–Crippen LogP) is 5.34. The van der Waals surface area contributed by atoms with Crippen molar-refractivity contribution in [2.24, 2.45) is 13.0 Å². The summed E-state index contributed by atoms with van der Waals surface area (Å²) in [4.78, 5) is 18.6. The number of aliphatic hydroxyl groups is 1. The number of nitrogens with zero attached hydrogens (tertiary/aromatic N) is 3. The first-order chi connectivity index (χ1) is 19.8. The van der Waals surface area contributed by atoms with E-state index in [1.54, 1.807) is 7.11 Å². The molecule has 41 heavy (non-hydrogen) atoms. The number of para-hydroxylation sites is 1. The summed E-state index contributed by atoms with van der Waals surface area (Å²) in [7, 11) is 5.73. The highest BCUT2D eigenvalue weighted by Crippen LogP contribution is 2.38. The van der Waals surface area contributed by atoms with E-state index >= 15 is 0 Å². The molecule has 216 valence electrons. The van der Waals surface area contributed by atoms with E-state index in [1.165, 1.54) is 0 Å². The van der Waals surface area contributed by atoms with E-state index in [0.29, 0.717) is 25.4 Å². The van der Waals surface area contributed by atoms with Gasteiger partial charge in [-0.3, -0.25) is 9.69 Å². The van der Waals surface area contributed by atoms with Crippen LogP contribution in [0.4, 0.5) is 0 Å². The van der Waals surface area contributed by atoms with Gasteiger partial charge in [0.05, 0.1) is 32.5 Å². The number of hydrogen-bond acceptors (Lipinski definition) is 5. The molecule has 4 aromatic rings. The molecular formula is C34H41N3O4. The molecular weight excluding hydrogens is 514 g/mol. The highest BCUT2D eigenvalue weighted by atomic mass is 16.5. The largest absolute Gasteiger partial charge is 0.497 e. The molecule has 5 rings (SSSR count). The van der Waals surface area contributed by atoms with Crippen LogP contribution < -0.4 is 4.74 Å². The van der Waals surface area contributed by atoms with Gasteiger partial charge in [-0.25, -0.2) is 0 Å². The third-order valence-electron chi connectivity index (χ3n) is 8.30. The average molecular weight is 556 g/mol. The molecule has 3 atom stereocenters. The van der Waals surface area contributed by atoms with E-state index in [4.69, 9.17) is 9.47 Å². The monoisotopic (exact) mass is 555 g/mol. The Labute approximate surface area is 242 Å². The van der Waals surface area contributed by atoms with E-state index in [2.05, 4.69) is 55.3 Å². The van der Waals surface area contributed by atoms with Gasteiger partial charge in [0.2, 0.25) is 0 Å². The summed E-state index contributed by atoms with van der Waals surface area (Å²) in [6.45, 7) is 6.26. The fourth-order valence-corrected chi connectivity index (χ4v) is 5.98. The molecule has 0 fully saturated rings. The van der Waals surface area contributed by atoms with E-state index < -0.39 is 0 Å². The number of amides is 1. The lowest BCUT2D eigenvalue weighted by atomic mass is 9.96. The number of benzene rings is 3. The number of rotatable bonds is 7. The van der Waals surface area contributed by atoms with Gasteiger partial charge in [0.15, 0.2) is 0 Å². The van der Waals surface area contributed by atoms with Crippen LogP contribution in [0.3, 0.4) is 0 Å². The van der Waals surface area contributed by atoms with Gasteiger partial charge in [0.1, 0.15) is 11.4 Å². The molecule has 0 aliphatic carbocycles. The molecule has 0 bridgehead atoms. The van der Waals surface area contributed by atoms with Crippen molar-refractivity contribution in [1.82, 2.24) is 14.4 Å². The number of hydrogen-bond donors (Lipinski definition) is 1. The number of aliphatic hydroxyl groups excluding tert-OH is 1. The summed E-state index contributed by atoms with van der Waals surface area (Å²) >= 11 is 0. The highest BCUT2D eigenvalue weighted by molar-refractivity contribution is 6.10. The van der Waals surface area contributed by atoms with Crippen LogP contribution in [0.25, 0.3) is 22.0 Å². The van der Waals surface area contributed by atoms with Crippen molar-refractivity contribution in [3.05, 3.63) is 89.6 Å². The van der Waals surface area contributed by atoms with E-state index in [9.17, 15) is 9.90 Å². The first kappa shape index (κ1) is 28.9. The second-order valence-electron chi connectivity index (χ2n) is 11.3. The van der Waals surface area contributed by atoms with E-state index in [1.807, 2.05) is 59.8 Å². The van der Waals surface area contributed by atoms with Gasteiger partial charge in [-0.1, -0.05) is 61.5 Å². The standard InChI is InChI=1S/C34H41N3O4/c1-23-18-37(24(2)21-38)34(39)33-32(29-15-8-9-16-30(29)36(33)4)28-14-7-6-12-26(28)22-41-31(23)20-35(3)19-25-11-10-13-27(17-25)40-5/h6-17,23-24,31,38H,18-22H2,1-5H3/t23-,24+,31+/m0/s1. The molecule has 7 heteroatoms. The molecule has 0 spiro atoms. The van der Waals surface area contributed by atoms with Crippen molar-refractivity contribution in [3.63, 3.8) is 0 Å². The summed E-state index contributed by atoms with van der Waals surface area (Å²) in [5.41, 5.74) is 5.77. The van der Waals surface area contributed by atoms with Crippen molar-refractivity contribution < 1.29 is 19.4 Å². The first-order valence-electron chi connectivity index (χ1n) is 14.3. The summed E-state index contributed by atoms with van der Waals surface area (Å²) in [6.07, 6.45) is -0.141. The third kappa shape index (κ3) is 5.89. The van der Waals surface area contributed by atoms with Crippen LogP contribution in [0.5, 0.6) is 5.75 Å². The fourth-order valence-electron chi connectivity index (χ4n) is 5.98. The van der Waals surface area contributed by atoms with Gasteiger partial charge in [-0.2, -0.15) is 0 Å². The number of ether oxygens (including phenoxy) is 2. The summed E-state index contributed by atoms with van der Waals surface area (Å²) < 4.78 is 14.1. The average Bonchev–Trinajstić information content (AvgIpc) is 3.28. The number of methoxy groups -OCH3 is 1. The topological polar surface area (TPSA) is 67.2 Å². The van der Waals surface area contributed by atoms with Crippen LogP contribution in [0, 0.1) is 5.92 Å². The highest BCUT2D eigenvalue weighted by Gasteiger charge is 2.33. The van der Waals surface area contributed by atoms with Crippen molar-refractivity contribution in [1.29, 1.82) is 0 Å². The van der Waals surface area contributed by atoms with Crippen molar-refractivity contribution >= 4 is 16.8 Å². The molecule has 2 heterocycles. The molecule has 1 amide bonds. The second-order valence-corrected chi connectivity index (χ2v) is 11.3. The molecule has 0 radical (unpaired) electrons. The minimum Gasteiger partial charge on any atom is -0.497 e. The van der Waals surface area contributed by atoms with Crippen molar-refractivity contribution in [2.45, 2.75) is 39.1 Å². The van der Waals surface area contributed by atoms with Gasteiger partial charge >= 0.3 is 0 Å². The predicted molar refractivity (Wildman–Crippen MR) is 163 cm³/mol. The molecule has 1 aliphatic heterocycles. The molecule has 0 saturated carbocycles. The summed E-state index contributed by atoms with van der Waals surface area (Å²) in [5.74, 6) is 0.780. The zero-order chi connectivity index (χ0) is 29.1. The van der Waals surface area contributed by atoms with Crippen molar-refractivity contribution in [3.8, 4) is 16.9 Å². The van der Waals surface area contributed by atoms with E-state index in [-0.39, 0.29) is 30.6 Å². The third-order valence-corrected chi connectivity index (χ3v) is 8.30. The van der Waals surface area contributed by atoms with Crippen LogP contribution in [0.2, 0.25) is 0 Å². The summed E-state index contributed by atoms with van der Waals surface area (Å²) in [5, 5.41) is 11.2. The molecule has 1 N–H and O–H groups in total. The van der Waals surface area contributed by atoms with Gasteiger partial charge < -0.3 is 24.0 Å². The zero-order valence-corrected chi connectivity index (χ0v) is 24.7. The first-order valence-corrected chi connectivity index (χ1v) is 14.3. The van der Waals surface area contributed by atoms with E-state index in [0.717, 1.165) is 45.5 Å². The van der Waals surface area contributed by atoms with Crippen LogP contribution in [-0.2, 0) is 24.9 Å². The number of carbonyl (C=O) groups excluding carboxylic acids is 1. The minimum absolute atomic E-state index is 0.0177. The van der Waals surface area contributed by atoms with Gasteiger partial charge in [0.25, 0.3) is 5.91 Å². The Bertz CT molecular complexity index is 1510. The molecule has 1 aliphatic rings. The van der Waals surface area contributed by atoms with Crippen LogP contribution >= 0.6 is 0 Å². The molecule has 0 saturated heterocycles. The fraction of sp³-hybridized carbons (Fsp3) is 0.382. The maximum Gasteiger partial charge on any atom is 0.271 e. The maximum absolute atomic E-state index is 14.5. The Kier molecular flexibility index (Phi) is 8.78. The molecule has 1 aromatic heterocycles. The van der Waals surface area contributed by atoms with Gasteiger partial charge in [0, 0.05) is 49.1 Å². The molecule has 3 aromatic carbocycles. The number of fused-ring (bicyclic) bond motifs is 5. The van der Waals surface area contributed by atoms with Crippen LogP contribution in [0.1, 0.15) is 35.5 Å². The number of aromatic nitrogens is 1. The Hall–Kier alpha value is -3.65. The number of aryl methyl sites for hydroxylation is 1. The van der Waals surface area contributed by atoms with Crippen molar-refractivity contribution in [2.75, 3.05) is 33.9 Å². The zero-order valence-electron chi connectivity index (χ0n) is 24.7. The number of likely N-dealkylation sites (N-methyl/N-ethyl adjacent to an activating group) is 1. The Morgan fingerprint density at radius 3 is 2.63 bits per heavy atom. The smallest absolute Gasteiger partial charge is 0.271 e. The van der Waals surface area contributed by atoms with Gasteiger partial charge in [-0.05, 0) is 48.9 Å². The SMILES string of the molecule is COc1cccc(CN(C)C[C@H]2OCc3ccccc3-c3c(n(C)c4ccccc34)C(=O)N([C@H](C)CO)C[C@@H]2C)c1. The second kappa shape index (κ2) is 12.5. The Morgan fingerprint density at radius 1 is 1.10 bits per heavy atom. The Morgan fingerprint density at radius 2 is 1.85 bits per heavy atom. The minimum atomic E-state index is -0.345. The van der Waals surface area contributed by atoms with Crippen LogP contribution in [-0.4, -0.2) is 71.4 Å². The molecule has 0 unspecified atom stereocenters. The van der Waals surface area contributed by atoms with Crippen LogP contribution in [0.15, 0.2) is 72.8 Å². The lowest BCUT2D eigenvalue weighted by Gasteiger charge is -2.35. The Balaban J connectivity index is 1.55. The lowest BCUT2D eigenvalue weighted by molar-refractivity contribution is -0.0242. The van der Waals surface area contributed by atoms with Gasteiger partial charge in [-0.15, -0.1) is 0 Å². The lowest BCUT2D eigenvalue weighted by Crippen LogP contribution is -2.47. The number of carbonyl (C=O) groups is 1. The maximum atomic E-state index is 14.5.